The number of ether oxygens (including phenoxy) is 1. The Kier molecular flexibility index (Phi) is 6.96. The van der Waals surface area contributed by atoms with Crippen molar-refractivity contribution in [2.75, 3.05) is 13.2 Å². The molecule has 0 N–H and O–H groups in total. The van der Waals surface area contributed by atoms with Crippen LogP contribution in [-0.2, 0) is 16.0 Å². The van der Waals surface area contributed by atoms with Gasteiger partial charge in [-0.15, -0.1) is 0 Å². The van der Waals surface area contributed by atoms with E-state index in [-0.39, 0.29) is 6.61 Å². The zero-order valence-corrected chi connectivity index (χ0v) is 11.1. The van der Waals surface area contributed by atoms with E-state index in [0.29, 0.717) is 6.54 Å². The lowest BCUT2D eigenvalue weighted by Gasteiger charge is -2.02. The minimum atomic E-state index is -0.892. The van der Waals surface area contributed by atoms with Crippen molar-refractivity contribution in [2.24, 2.45) is 10.9 Å². The summed E-state index contributed by atoms with van der Waals surface area (Å²) >= 11 is 0. The Morgan fingerprint density at radius 3 is 2.84 bits per heavy atom. The van der Waals surface area contributed by atoms with Gasteiger partial charge in [0.1, 0.15) is 0 Å². The third-order valence-electron chi connectivity index (χ3n) is 2.53. The van der Waals surface area contributed by atoms with Gasteiger partial charge in [-0.25, -0.2) is 0 Å². The number of rotatable bonds is 7. The number of aryl methyl sites for hydroxylation is 1. The average Bonchev–Trinajstić information content (AvgIpc) is 2.44. The third kappa shape index (κ3) is 5.82. The molecule has 100 valence electrons. The molecule has 0 unspecified atom stereocenters. The van der Waals surface area contributed by atoms with Crippen LogP contribution < -0.4 is 0 Å². The molecule has 0 radical (unpaired) electrons. The van der Waals surface area contributed by atoms with Crippen LogP contribution in [0.1, 0.15) is 18.9 Å². The van der Waals surface area contributed by atoms with Crippen LogP contribution in [0.25, 0.3) is 0 Å². The SMILES string of the molecule is CCOC(=O)[C@H](C#N)C=NCCCc1ccccc1. The average molecular weight is 258 g/mol. The minimum Gasteiger partial charge on any atom is -0.465 e. The fourth-order valence-corrected chi connectivity index (χ4v) is 1.58. The van der Waals surface area contributed by atoms with Crippen molar-refractivity contribution < 1.29 is 9.53 Å². The molecule has 0 fully saturated rings. The van der Waals surface area contributed by atoms with E-state index >= 15 is 0 Å². The summed E-state index contributed by atoms with van der Waals surface area (Å²) in [5.41, 5.74) is 1.26. The van der Waals surface area contributed by atoms with Gasteiger partial charge in [0.25, 0.3) is 0 Å². The van der Waals surface area contributed by atoms with Crippen molar-refractivity contribution in [2.45, 2.75) is 19.8 Å². The van der Waals surface area contributed by atoms with E-state index in [1.807, 2.05) is 24.3 Å². The number of hydrogen-bond acceptors (Lipinski definition) is 4. The largest absolute Gasteiger partial charge is 0.465 e. The van der Waals surface area contributed by atoms with Gasteiger partial charge in [-0.05, 0) is 25.3 Å². The molecule has 0 aliphatic heterocycles. The van der Waals surface area contributed by atoms with Crippen LogP contribution in [0, 0.1) is 17.2 Å². The molecule has 0 saturated heterocycles. The number of esters is 1. The molecule has 0 aromatic heterocycles. The first-order valence-corrected chi connectivity index (χ1v) is 6.38. The molecule has 0 heterocycles. The molecule has 0 aliphatic carbocycles. The van der Waals surface area contributed by atoms with Crippen LogP contribution in [0.2, 0.25) is 0 Å². The fraction of sp³-hybridized carbons (Fsp3) is 0.400. The van der Waals surface area contributed by atoms with Gasteiger partial charge in [-0.2, -0.15) is 5.26 Å². The lowest BCUT2D eigenvalue weighted by atomic mass is 10.1. The molecule has 0 spiro atoms. The zero-order chi connectivity index (χ0) is 13.9. The van der Waals surface area contributed by atoms with Crippen LogP contribution >= 0.6 is 0 Å². The van der Waals surface area contributed by atoms with E-state index in [9.17, 15) is 4.79 Å². The van der Waals surface area contributed by atoms with Crippen molar-refractivity contribution in [3.8, 4) is 6.07 Å². The summed E-state index contributed by atoms with van der Waals surface area (Å²) in [4.78, 5) is 15.4. The van der Waals surface area contributed by atoms with Gasteiger partial charge < -0.3 is 4.74 Å². The Balaban J connectivity index is 2.29. The topological polar surface area (TPSA) is 62.5 Å². The molecule has 4 nitrogen and oxygen atoms in total. The van der Waals surface area contributed by atoms with Crippen molar-refractivity contribution in [3.63, 3.8) is 0 Å². The highest BCUT2D eigenvalue weighted by atomic mass is 16.5. The monoisotopic (exact) mass is 258 g/mol. The van der Waals surface area contributed by atoms with Gasteiger partial charge in [0, 0.05) is 12.8 Å². The van der Waals surface area contributed by atoms with Gasteiger partial charge in [0.2, 0.25) is 0 Å². The maximum absolute atomic E-state index is 11.3. The Bertz CT molecular complexity index is 449. The Hall–Kier alpha value is -2.15. The molecule has 0 aliphatic rings. The van der Waals surface area contributed by atoms with E-state index in [1.165, 1.54) is 11.8 Å². The highest BCUT2D eigenvalue weighted by Gasteiger charge is 2.15. The van der Waals surface area contributed by atoms with Gasteiger partial charge >= 0.3 is 5.97 Å². The Morgan fingerprint density at radius 1 is 1.47 bits per heavy atom. The molecule has 19 heavy (non-hydrogen) atoms. The first-order valence-electron chi connectivity index (χ1n) is 6.38. The number of nitrogens with zero attached hydrogens (tertiary/aromatic N) is 2. The molecular formula is C15H18N2O2. The predicted octanol–water partition coefficient (Wildman–Crippen LogP) is 2.39. The molecule has 0 bridgehead atoms. The van der Waals surface area contributed by atoms with E-state index in [4.69, 9.17) is 10.00 Å². The maximum Gasteiger partial charge on any atom is 0.328 e. The standard InChI is InChI=1S/C15H18N2O2/c1-2-19-15(18)14(11-16)12-17-10-6-9-13-7-4-3-5-8-13/h3-5,7-8,12,14H,2,6,9-10H2,1H3/t14-/m1/s1. The highest BCUT2D eigenvalue weighted by molar-refractivity contribution is 5.92. The fourth-order valence-electron chi connectivity index (χ4n) is 1.58. The molecule has 1 aromatic rings. The predicted molar refractivity (Wildman–Crippen MR) is 73.9 cm³/mol. The molecule has 1 aromatic carbocycles. The summed E-state index contributed by atoms with van der Waals surface area (Å²) in [6.45, 7) is 2.59. The first kappa shape index (κ1) is 14.9. The van der Waals surface area contributed by atoms with Crippen LogP contribution in [0.3, 0.4) is 0 Å². The molecular weight excluding hydrogens is 240 g/mol. The van der Waals surface area contributed by atoms with E-state index in [1.54, 1.807) is 6.92 Å². The van der Waals surface area contributed by atoms with Crippen LogP contribution in [0.5, 0.6) is 0 Å². The molecule has 4 heteroatoms. The highest BCUT2D eigenvalue weighted by Crippen LogP contribution is 2.02. The second kappa shape index (κ2) is 8.87. The van der Waals surface area contributed by atoms with Crippen LogP contribution in [0.15, 0.2) is 35.3 Å². The summed E-state index contributed by atoms with van der Waals surface area (Å²) in [5.74, 6) is -1.42. The number of nitriles is 1. The normalized spacial score (nSPS) is 12.0. The zero-order valence-electron chi connectivity index (χ0n) is 11.1. The van der Waals surface area contributed by atoms with Gasteiger partial charge in [0.15, 0.2) is 5.92 Å². The van der Waals surface area contributed by atoms with Crippen molar-refractivity contribution >= 4 is 12.2 Å². The van der Waals surface area contributed by atoms with Crippen LogP contribution in [-0.4, -0.2) is 25.3 Å². The van der Waals surface area contributed by atoms with E-state index in [2.05, 4.69) is 17.1 Å². The van der Waals surface area contributed by atoms with Gasteiger partial charge in [-0.1, -0.05) is 30.3 Å². The number of aliphatic imine (C=N–C) groups is 1. The maximum atomic E-state index is 11.3. The van der Waals surface area contributed by atoms with Crippen molar-refractivity contribution in [3.05, 3.63) is 35.9 Å². The summed E-state index contributed by atoms with van der Waals surface area (Å²) in [6, 6.07) is 12.0. The molecule has 1 atom stereocenters. The molecule has 1 rings (SSSR count). The molecule has 0 saturated carbocycles. The first-order chi connectivity index (χ1) is 9.27. The number of carbonyl (C=O) groups excluding carboxylic acids is 1. The van der Waals surface area contributed by atoms with Crippen molar-refractivity contribution in [1.29, 1.82) is 5.26 Å². The number of hydrogen-bond donors (Lipinski definition) is 0. The number of carbonyl (C=O) groups is 1. The van der Waals surface area contributed by atoms with Gasteiger partial charge in [0.05, 0.1) is 12.7 Å². The molecule has 0 amide bonds. The van der Waals surface area contributed by atoms with E-state index in [0.717, 1.165) is 12.8 Å². The summed E-state index contributed by atoms with van der Waals surface area (Å²) < 4.78 is 4.77. The smallest absolute Gasteiger partial charge is 0.328 e. The third-order valence-corrected chi connectivity index (χ3v) is 2.53. The quantitative estimate of drug-likeness (QED) is 0.428. The van der Waals surface area contributed by atoms with Crippen molar-refractivity contribution in [1.82, 2.24) is 0 Å². The van der Waals surface area contributed by atoms with Gasteiger partial charge in [-0.3, -0.25) is 9.79 Å². The lowest BCUT2D eigenvalue weighted by Crippen LogP contribution is -2.17. The summed E-state index contributed by atoms with van der Waals surface area (Å²) in [6.07, 6.45) is 3.21. The van der Waals surface area contributed by atoms with Crippen LogP contribution in [0.4, 0.5) is 0 Å². The Morgan fingerprint density at radius 2 is 2.21 bits per heavy atom. The second-order valence-electron chi connectivity index (χ2n) is 4.00. The summed E-state index contributed by atoms with van der Waals surface area (Å²) in [7, 11) is 0. The Labute approximate surface area is 113 Å². The second-order valence-corrected chi connectivity index (χ2v) is 4.00. The van der Waals surface area contributed by atoms with E-state index < -0.39 is 11.9 Å². The number of benzene rings is 1. The lowest BCUT2D eigenvalue weighted by molar-refractivity contribution is -0.143. The minimum absolute atomic E-state index is 0.277. The summed E-state index contributed by atoms with van der Waals surface area (Å²) in [5, 5.41) is 8.82.